The van der Waals surface area contributed by atoms with Gasteiger partial charge in [-0.1, -0.05) is 29.8 Å². The fourth-order valence-electron chi connectivity index (χ4n) is 2.67. The van der Waals surface area contributed by atoms with E-state index in [-0.39, 0.29) is 0 Å². The van der Waals surface area contributed by atoms with Gasteiger partial charge in [0.15, 0.2) is 5.96 Å². The number of pyridine rings is 1. The number of aliphatic imine (C=N–C) groups is 1. The molecule has 0 bridgehead atoms. The first-order valence-corrected chi connectivity index (χ1v) is 9.18. The summed E-state index contributed by atoms with van der Waals surface area (Å²) in [6, 6.07) is 11.9. The van der Waals surface area contributed by atoms with Crippen LogP contribution in [0.15, 0.2) is 60.0 Å². The van der Waals surface area contributed by atoms with Gasteiger partial charge < -0.3 is 10.6 Å². The van der Waals surface area contributed by atoms with Crippen LogP contribution in [0.1, 0.15) is 17.0 Å². The van der Waals surface area contributed by atoms with E-state index in [0.29, 0.717) is 6.54 Å². The first kappa shape index (κ1) is 18.9. The number of benzene rings is 1. The second-order valence-electron chi connectivity index (χ2n) is 6.10. The lowest BCUT2D eigenvalue weighted by molar-refractivity contribution is 0.792. The molecular formula is C20H23ClN6. The van der Waals surface area contributed by atoms with Gasteiger partial charge in [0.25, 0.3) is 0 Å². The summed E-state index contributed by atoms with van der Waals surface area (Å²) in [6.07, 6.45) is 6.44. The lowest BCUT2D eigenvalue weighted by Gasteiger charge is -2.12. The highest BCUT2D eigenvalue weighted by atomic mass is 35.5. The molecule has 0 unspecified atom stereocenters. The maximum Gasteiger partial charge on any atom is 0.191 e. The monoisotopic (exact) mass is 382 g/mol. The maximum absolute atomic E-state index is 5.91. The van der Waals surface area contributed by atoms with Gasteiger partial charge in [-0.3, -0.25) is 9.56 Å². The van der Waals surface area contributed by atoms with Crippen molar-refractivity contribution >= 4 is 17.6 Å². The van der Waals surface area contributed by atoms with Crippen LogP contribution < -0.4 is 10.6 Å². The Hall–Kier alpha value is -2.86. The number of hydrogen-bond acceptors (Lipinski definition) is 3. The van der Waals surface area contributed by atoms with Crippen LogP contribution in [0.25, 0.3) is 5.82 Å². The van der Waals surface area contributed by atoms with Crippen LogP contribution >= 0.6 is 11.6 Å². The van der Waals surface area contributed by atoms with Gasteiger partial charge in [0, 0.05) is 43.8 Å². The van der Waals surface area contributed by atoms with Crippen LogP contribution in [0.2, 0.25) is 5.02 Å². The van der Waals surface area contributed by atoms with Crippen molar-refractivity contribution < 1.29 is 0 Å². The molecule has 3 aromatic rings. The number of aromatic nitrogens is 3. The molecule has 0 fully saturated rings. The van der Waals surface area contributed by atoms with Gasteiger partial charge in [-0.15, -0.1) is 0 Å². The Labute approximate surface area is 164 Å². The molecule has 2 N–H and O–H groups in total. The van der Waals surface area contributed by atoms with E-state index in [1.165, 1.54) is 5.56 Å². The van der Waals surface area contributed by atoms with E-state index in [2.05, 4.69) is 31.7 Å². The van der Waals surface area contributed by atoms with Crippen LogP contribution in [0, 0.1) is 6.92 Å². The summed E-state index contributed by atoms with van der Waals surface area (Å²) >= 11 is 5.91. The highest BCUT2D eigenvalue weighted by Crippen LogP contribution is 2.10. The number of halogens is 1. The molecule has 0 radical (unpaired) electrons. The average molecular weight is 383 g/mol. The average Bonchev–Trinajstić information content (AvgIpc) is 3.12. The zero-order valence-corrected chi connectivity index (χ0v) is 16.2. The van der Waals surface area contributed by atoms with Crippen molar-refractivity contribution in [2.75, 3.05) is 13.6 Å². The molecule has 0 amide bonds. The molecule has 6 nitrogen and oxygen atoms in total. The molecule has 2 heterocycles. The molecule has 0 spiro atoms. The summed E-state index contributed by atoms with van der Waals surface area (Å²) in [5, 5.41) is 7.38. The Kier molecular flexibility index (Phi) is 6.44. The third-order valence-corrected chi connectivity index (χ3v) is 4.44. The third kappa shape index (κ3) is 5.31. The van der Waals surface area contributed by atoms with Crippen molar-refractivity contribution in [3.63, 3.8) is 0 Å². The normalized spacial score (nSPS) is 11.4. The summed E-state index contributed by atoms with van der Waals surface area (Å²) in [6.45, 7) is 3.39. The molecule has 0 aliphatic rings. The van der Waals surface area contributed by atoms with Gasteiger partial charge in [0.1, 0.15) is 11.6 Å². The van der Waals surface area contributed by atoms with E-state index in [0.717, 1.165) is 41.2 Å². The van der Waals surface area contributed by atoms with Crippen molar-refractivity contribution in [3.05, 3.63) is 77.0 Å². The van der Waals surface area contributed by atoms with E-state index in [1.54, 1.807) is 13.2 Å². The molecule has 0 saturated carbocycles. The van der Waals surface area contributed by atoms with Gasteiger partial charge in [0.05, 0.1) is 0 Å². The summed E-state index contributed by atoms with van der Waals surface area (Å²) < 4.78 is 1.95. The van der Waals surface area contributed by atoms with Crippen molar-refractivity contribution in [2.24, 2.45) is 4.99 Å². The lowest BCUT2D eigenvalue weighted by Crippen LogP contribution is -2.37. The first-order chi connectivity index (χ1) is 13.2. The van der Waals surface area contributed by atoms with E-state index in [1.807, 2.05) is 54.2 Å². The van der Waals surface area contributed by atoms with Crippen molar-refractivity contribution in [1.29, 1.82) is 0 Å². The molecule has 0 saturated heterocycles. The number of aryl methyl sites for hydroxylation is 1. The highest BCUT2D eigenvalue weighted by molar-refractivity contribution is 6.30. The van der Waals surface area contributed by atoms with Crippen LogP contribution in [-0.2, 0) is 13.0 Å². The van der Waals surface area contributed by atoms with Crippen molar-refractivity contribution in [3.8, 4) is 5.82 Å². The molecular weight excluding hydrogens is 360 g/mol. The van der Waals surface area contributed by atoms with Gasteiger partial charge in [-0.2, -0.15) is 0 Å². The quantitative estimate of drug-likeness (QED) is 0.507. The summed E-state index contributed by atoms with van der Waals surface area (Å²) in [7, 11) is 1.76. The second-order valence-corrected chi connectivity index (χ2v) is 6.53. The SMILES string of the molecule is CN=C(NCCc1ccc(Cl)cc1)NCc1ccc(-n2ccnc2C)nc1. The summed E-state index contributed by atoms with van der Waals surface area (Å²) in [4.78, 5) is 13.0. The zero-order chi connectivity index (χ0) is 19.1. The Balaban J connectivity index is 1.47. The van der Waals surface area contributed by atoms with Crippen LogP contribution in [0.4, 0.5) is 0 Å². The fraction of sp³-hybridized carbons (Fsp3) is 0.250. The van der Waals surface area contributed by atoms with Crippen molar-refractivity contribution in [2.45, 2.75) is 19.9 Å². The van der Waals surface area contributed by atoms with Crippen LogP contribution in [0.3, 0.4) is 0 Å². The topological polar surface area (TPSA) is 67.1 Å². The molecule has 27 heavy (non-hydrogen) atoms. The van der Waals surface area contributed by atoms with Crippen LogP contribution in [-0.4, -0.2) is 34.1 Å². The van der Waals surface area contributed by atoms with E-state index in [9.17, 15) is 0 Å². The standard InChI is InChI=1S/C20H23ClN6/c1-15-23-11-12-27(15)19-8-5-17(13-25-19)14-26-20(22-2)24-10-9-16-3-6-18(21)7-4-16/h3-8,11-13H,9-10,14H2,1-2H3,(H2,22,24,26). The minimum atomic E-state index is 0.650. The number of imidazole rings is 1. The molecule has 0 aliphatic heterocycles. The van der Waals surface area contributed by atoms with E-state index < -0.39 is 0 Å². The fourth-order valence-corrected chi connectivity index (χ4v) is 2.79. The molecule has 3 rings (SSSR count). The summed E-state index contributed by atoms with van der Waals surface area (Å²) in [5.74, 6) is 2.54. The van der Waals surface area contributed by atoms with E-state index >= 15 is 0 Å². The van der Waals surface area contributed by atoms with Gasteiger partial charge in [-0.25, -0.2) is 9.97 Å². The molecule has 1 aromatic carbocycles. The second kappa shape index (κ2) is 9.19. The Bertz CT molecular complexity index is 884. The Morgan fingerprint density at radius 3 is 2.48 bits per heavy atom. The Morgan fingerprint density at radius 1 is 1.07 bits per heavy atom. The van der Waals surface area contributed by atoms with Gasteiger partial charge in [0.2, 0.25) is 0 Å². The zero-order valence-electron chi connectivity index (χ0n) is 15.5. The smallest absolute Gasteiger partial charge is 0.191 e. The predicted octanol–water partition coefficient (Wildman–Crippen LogP) is 3.14. The number of nitrogens with one attached hydrogen (secondary N) is 2. The first-order valence-electron chi connectivity index (χ1n) is 8.80. The number of nitrogens with zero attached hydrogens (tertiary/aromatic N) is 4. The maximum atomic E-state index is 5.91. The molecule has 7 heteroatoms. The molecule has 140 valence electrons. The number of hydrogen-bond donors (Lipinski definition) is 2. The van der Waals surface area contributed by atoms with Crippen molar-refractivity contribution in [1.82, 2.24) is 25.2 Å². The lowest BCUT2D eigenvalue weighted by atomic mass is 10.1. The molecule has 0 aliphatic carbocycles. The largest absolute Gasteiger partial charge is 0.356 e. The van der Waals surface area contributed by atoms with Crippen LogP contribution in [0.5, 0.6) is 0 Å². The summed E-state index contributed by atoms with van der Waals surface area (Å²) in [5.41, 5.74) is 2.31. The van der Waals surface area contributed by atoms with Gasteiger partial charge >= 0.3 is 0 Å². The van der Waals surface area contributed by atoms with Gasteiger partial charge in [-0.05, 0) is 42.7 Å². The predicted molar refractivity (Wildman–Crippen MR) is 109 cm³/mol. The number of guanidine groups is 1. The molecule has 2 aromatic heterocycles. The minimum absolute atomic E-state index is 0.650. The number of rotatable bonds is 6. The molecule has 0 atom stereocenters. The highest BCUT2D eigenvalue weighted by Gasteiger charge is 2.03. The Morgan fingerprint density at radius 2 is 1.85 bits per heavy atom. The van der Waals surface area contributed by atoms with E-state index in [4.69, 9.17) is 11.6 Å². The third-order valence-electron chi connectivity index (χ3n) is 4.18. The minimum Gasteiger partial charge on any atom is -0.356 e.